The molecule has 1 aliphatic heterocycles. The number of β-amino-alcohol motifs (C(OH)–C–C–N with tert-alkyl or cyclic N) is 1. The van der Waals surface area contributed by atoms with Crippen molar-refractivity contribution in [2.75, 3.05) is 18.0 Å². The smallest absolute Gasteiger partial charge is 0.134 e. The second-order valence-electron chi connectivity index (χ2n) is 6.06. The highest BCUT2D eigenvalue weighted by Gasteiger charge is 2.40. The first-order valence-electron chi connectivity index (χ1n) is 7.33. The lowest BCUT2D eigenvalue weighted by atomic mass is 10.0. The average Bonchev–Trinajstić information content (AvgIpc) is 3.00. The molecule has 21 heavy (non-hydrogen) atoms. The minimum atomic E-state index is -0.953. The van der Waals surface area contributed by atoms with Crippen molar-refractivity contribution in [3.05, 3.63) is 29.5 Å². The molecule has 0 amide bonds. The van der Waals surface area contributed by atoms with Gasteiger partial charge in [-0.2, -0.15) is 15.4 Å². The van der Waals surface area contributed by atoms with Crippen LogP contribution in [0.15, 0.2) is 12.3 Å². The van der Waals surface area contributed by atoms with E-state index in [-0.39, 0.29) is 0 Å². The highest BCUT2D eigenvalue weighted by Crippen LogP contribution is 2.39. The first-order chi connectivity index (χ1) is 10.1. The van der Waals surface area contributed by atoms with Gasteiger partial charge in [0.25, 0.3) is 0 Å². The van der Waals surface area contributed by atoms with Crippen molar-refractivity contribution in [2.24, 2.45) is 0 Å². The Morgan fingerprint density at radius 2 is 2.24 bits per heavy atom. The normalized spacial score (nSPS) is 25.5. The lowest BCUT2D eigenvalue weighted by molar-refractivity contribution is 0.0559. The number of hydrogen-bond donors (Lipinski definition) is 2. The second-order valence-corrected chi connectivity index (χ2v) is 6.06. The van der Waals surface area contributed by atoms with Crippen molar-refractivity contribution in [1.82, 2.24) is 25.4 Å². The van der Waals surface area contributed by atoms with Gasteiger partial charge in [-0.1, -0.05) is 0 Å². The van der Waals surface area contributed by atoms with Crippen LogP contribution in [0.5, 0.6) is 0 Å². The summed E-state index contributed by atoms with van der Waals surface area (Å²) in [6, 6.07) is 1.99. The largest absolute Gasteiger partial charge is 0.381 e. The summed E-state index contributed by atoms with van der Waals surface area (Å²) in [6.45, 7) is 3.24. The number of aromatic nitrogens is 5. The van der Waals surface area contributed by atoms with Gasteiger partial charge >= 0.3 is 0 Å². The van der Waals surface area contributed by atoms with Crippen molar-refractivity contribution in [3.8, 4) is 0 Å². The van der Waals surface area contributed by atoms with Crippen LogP contribution in [0, 0.1) is 6.92 Å². The zero-order valence-electron chi connectivity index (χ0n) is 12.0. The molecule has 2 aliphatic rings. The maximum absolute atomic E-state index is 10.7. The minimum absolute atomic E-state index is 0.486. The van der Waals surface area contributed by atoms with Crippen molar-refractivity contribution in [3.63, 3.8) is 0 Å². The maximum Gasteiger partial charge on any atom is 0.134 e. The molecule has 1 saturated carbocycles. The highest BCUT2D eigenvalue weighted by molar-refractivity contribution is 5.43. The van der Waals surface area contributed by atoms with Gasteiger partial charge in [-0.3, -0.25) is 0 Å². The number of H-pyrrole nitrogens is 1. The second kappa shape index (κ2) is 4.49. The monoisotopic (exact) mass is 286 g/mol. The van der Waals surface area contributed by atoms with Crippen LogP contribution in [0.3, 0.4) is 0 Å². The summed E-state index contributed by atoms with van der Waals surface area (Å²) in [6.07, 6.45) is 4.59. The molecule has 110 valence electrons. The van der Waals surface area contributed by atoms with Gasteiger partial charge in [0.1, 0.15) is 22.9 Å². The Bertz CT molecular complexity index is 653. The molecule has 7 heteroatoms. The average molecular weight is 286 g/mol. The molecule has 0 unspecified atom stereocenters. The summed E-state index contributed by atoms with van der Waals surface area (Å²) in [4.78, 5) is 11.3. The SMILES string of the molecule is Cc1cc(N2CC[C@@](O)(c3cn[nH]n3)C2)nc(C2CC2)n1. The van der Waals surface area contributed by atoms with Gasteiger partial charge in [0, 0.05) is 30.6 Å². The van der Waals surface area contributed by atoms with Crippen LogP contribution in [-0.2, 0) is 5.60 Å². The summed E-state index contributed by atoms with van der Waals surface area (Å²) < 4.78 is 0. The number of aromatic amines is 1. The molecule has 0 radical (unpaired) electrons. The number of aliphatic hydroxyl groups is 1. The Morgan fingerprint density at radius 1 is 1.38 bits per heavy atom. The summed E-state index contributed by atoms with van der Waals surface area (Å²) in [5.41, 5.74) is 0.628. The Morgan fingerprint density at radius 3 is 2.95 bits per heavy atom. The van der Waals surface area contributed by atoms with Gasteiger partial charge in [0.05, 0.1) is 12.7 Å². The molecule has 1 saturated heterocycles. The van der Waals surface area contributed by atoms with Gasteiger partial charge in [-0.15, -0.1) is 0 Å². The van der Waals surface area contributed by atoms with Gasteiger partial charge in [0.2, 0.25) is 0 Å². The Kier molecular flexibility index (Phi) is 2.72. The van der Waals surface area contributed by atoms with Crippen molar-refractivity contribution >= 4 is 5.82 Å². The molecule has 3 heterocycles. The molecule has 2 N–H and O–H groups in total. The number of nitrogens with one attached hydrogen (secondary N) is 1. The molecule has 0 spiro atoms. The van der Waals surface area contributed by atoms with Crippen LogP contribution in [0.4, 0.5) is 5.82 Å². The van der Waals surface area contributed by atoms with Gasteiger partial charge < -0.3 is 10.0 Å². The molecular formula is C14H18N6O. The topological polar surface area (TPSA) is 90.8 Å². The molecule has 1 aliphatic carbocycles. The number of nitrogens with zero attached hydrogens (tertiary/aromatic N) is 5. The van der Waals surface area contributed by atoms with E-state index in [1.54, 1.807) is 6.20 Å². The molecule has 2 fully saturated rings. The van der Waals surface area contributed by atoms with E-state index in [4.69, 9.17) is 0 Å². The molecule has 4 rings (SSSR count). The predicted molar refractivity (Wildman–Crippen MR) is 75.9 cm³/mol. The summed E-state index contributed by atoms with van der Waals surface area (Å²) in [5.74, 6) is 2.38. The van der Waals surface area contributed by atoms with Gasteiger partial charge in [0.15, 0.2) is 0 Å². The summed E-state index contributed by atoms with van der Waals surface area (Å²) in [7, 11) is 0. The van der Waals surface area contributed by atoms with Crippen LogP contribution in [0.25, 0.3) is 0 Å². The van der Waals surface area contributed by atoms with E-state index in [9.17, 15) is 5.11 Å². The Labute approximate surface area is 122 Å². The van der Waals surface area contributed by atoms with Crippen molar-refractivity contribution in [2.45, 2.75) is 37.7 Å². The standard InChI is InChI=1S/C14H18N6O/c1-9-6-12(17-13(16-9)10-2-3-10)20-5-4-14(21,8-20)11-7-15-19-18-11/h6-7,10,21H,2-5,8H2,1H3,(H,15,18,19)/t14-/m0/s1. The van der Waals surface area contributed by atoms with E-state index < -0.39 is 5.60 Å². The zero-order valence-corrected chi connectivity index (χ0v) is 12.0. The quantitative estimate of drug-likeness (QED) is 0.870. The molecule has 2 aromatic heterocycles. The van der Waals surface area contributed by atoms with Crippen LogP contribution in [0.1, 0.15) is 42.4 Å². The molecule has 7 nitrogen and oxygen atoms in total. The van der Waals surface area contributed by atoms with Crippen LogP contribution in [0.2, 0.25) is 0 Å². The summed E-state index contributed by atoms with van der Waals surface area (Å²) in [5, 5.41) is 21.1. The molecule has 0 aromatic carbocycles. The zero-order chi connectivity index (χ0) is 14.4. The molecular weight excluding hydrogens is 268 g/mol. The van der Waals surface area contributed by atoms with Crippen molar-refractivity contribution < 1.29 is 5.11 Å². The number of anilines is 1. The summed E-state index contributed by atoms with van der Waals surface area (Å²) >= 11 is 0. The van der Waals surface area contributed by atoms with E-state index in [0.717, 1.165) is 23.9 Å². The van der Waals surface area contributed by atoms with Gasteiger partial charge in [-0.05, 0) is 19.8 Å². The fourth-order valence-electron chi connectivity index (χ4n) is 2.88. The van der Waals surface area contributed by atoms with Gasteiger partial charge in [-0.25, -0.2) is 9.97 Å². The third-order valence-corrected chi connectivity index (χ3v) is 4.26. The lowest BCUT2D eigenvalue weighted by Gasteiger charge is -2.22. The molecule has 2 aromatic rings. The van der Waals surface area contributed by atoms with E-state index >= 15 is 0 Å². The first-order valence-corrected chi connectivity index (χ1v) is 7.33. The first kappa shape index (κ1) is 12.7. The third-order valence-electron chi connectivity index (χ3n) is 4.26. The van der Waals surface area contributed by atoms with Crippen molar-refractivity contribution in [1.29, 1.82) is 0 Å². The fraction of sp³-hybridized carbons (Fsp3) is 0.571. The third kappa shape index (κ3) is 2.27. The Balaban J connectivity index is 1.60. The van der Waals surface area contributed by atoms with Crippen LogP contribution < -0.4 is 4.90 Å². The number of aryl methyl sites for hydroxylation is 1. The Hall–Kier alpha value is -2.02. The van der Waals surface area contributed by atoms with E-state index in [1.165, 1.54) is 12.8 Å². The predicted octanol–water partition coefficient (Wildman–Crippen LogP) is 0.878. The molecule has 0 bridgehead atoms. The maximum atomic E-state index is 10.7. The highest BCUT2D eigenvalue weighted by atomic mass is 16.3. The van der Waals surface area contributed by atoms with E-state index in [1.807, 2.05) is 13.0 Å². The minimum Gasteiger partial charge on any atom is -0.381 e. The van der Waals surface area contributed by atoms with E-state index in [2.05, 4.69) is 30.3 Å². The fourth-order valence-corrected chi connectivity index (χ4v) is 2.88. The molecule has 1 atom stereocenters. The number of hydrogen-bond acceptors (Lipinski definition) is 6. The number of rotatable bonds is 3. The van der Waals surface area contributed by atoms with E-state index in [0.29, 0.717) is 24.6 Å². The van der Waals surface area contributed by atoms with Crippen LogP contribution >= 0.6 is 0 Å². The van der Waals surface area contributed by atoms with Crippen LogP contribution in [-0.4, -0.2) is 43.6 Å². The lowest BCUT2D eigenvalue weighted by Crippen LogP contribution is -2.31.